The Bertz CT molecular complexity index is 405. The van der Waals surface area contributed by atoms with Gasteiger partial charge in [0.15, 0.2) is 0 Å². The lowest BCUT2D eigenvalue weighted by molar-refractivity contribution is 0.0917. The fraction of sp³-hybridized carbons (Fsp3) is 0.533. The van der Waals surface area contributed by atoms with Gasteiger partial charge >= 0.3 is 0 Å². The Labute approximate surface area is 115 Å². The summed E-state index contributed by atoms with van der Waals surface area (Å²) in [5.41, 5.74) is 1.49. The van der Waals surface area contributed by atoms with Crippen LogP contribution < -0.4 is 10.6 Å². The van der Waals surface area contributed by atoms with E-state index in [-0.39, 0.29) is 18.6 Å². The second kappa shape index (κ2) is 7.79. The first kappa shape index (κ1) is 15.5. The summed E-state index contributed by atoms with van der Waals surface area (Å²) in [5.74, 6) is 0.200. The van der Waals surface area contributed by atoms with Gasteiger partial charge in [-0.3, -0.25) is 4.79 Å². The van der Waals surface area contributed by atoms with Crippen molar-refractivity contribution in [2.24, 2.45) is 5.92 Å². The smallest absolute Gasteiger partial charge is 0.253 e. The Balaban J connectivity index is 2.81. The third-order valence-corrected chi connectivity index (χ3v) is 3.10. The van der Waals surface area contributed by atoms with E-state index in [1.54, 1.807) is 0 Å². The standard InChI is InChI=1S/C15H24N2O2/c1-4-16-14-8-6-5-7-12(14)15(19)17-13(9-10-18)11(2)3/h5-8,11,13,16,18H,4,9-10H2,1-3H3,(H,17,19). The van der Waals surface area contributed by atoms with E-state index in [1.807, 2.05) is 45.0 Å². The lowest BCUT2D eigenvalue weighted by Crippen LogP contribution is -2.39. The summed E-state index contributed by atoms with van der Waals surface area (Å²) in [6.45, 7) is 6.93. The number of amides is 1. The molecule has 0 fully saturated rings. The fourth-order valence-electron chi connectivity index (χ4n) is 1.98. The molecule has 1 atom stereocenters. The van der Waals surface area contributed by atoms with Gasteiger partial charge in [0.25, 0.3) is 5.91 Å². The molecule has 0 aromatic heterocycles. The molecule has 0 saturated heterocycles. The van der Waals surface area contributed by atoms with E-state index in [0.717, 1.165) is 12.2 Å². The van der Waals surface area contributed by atoms with Crippen LogP contribution in [0, 0.1) is 5.92 Å². The van der Waals surface area contributed by atoms with Gasteiger partial charge in [0.05, 0.1) is 5.56 Å². The number of anilines is 1. The molecule has 0 radical (unpaired) electrons. The molecule has 19 heavy (non-hydrogen) atoms. The van der Waals surface area contributed by atoms with Gasteiger partial charge in [0.1, 0.15) is 0 Å². The molecule has 1 amide bonds. The predicted octanol–water partition coefficient (Wildman–Crippen LogP) is 2.26. The maximum Gasteiger partial charge on any atom is 0.253 e. The van der Waals surface area contributed by atoms with E-state index in [9.17, 15) is 4.79 Å². The number of para-hydroxylation sites is 1. The highest BCUT2D eigenvalue weighted by Crippen LogP contribution is 2.16. The Kier molecular flexibility index (Phi) is 6.36. The zero-order chi connectivity index (χ0) is 14.3. The molecule has 0 saturated carbocycles. The van der Waals surface area contributed by atoms with E-state index in [1.165, 1.54) is 0 Å². The Morgan fingerprint density at radius 1 is 1.32 bits per heavy atom. The van der Waals surface area contributed by atoms with E-state index in [2.05, 4.69) is 10.6 Å². The predicted molar refractivity (Wildman–Crippen MR) is 78.4 cm³/mol. The van der Waals surface area contributed by atoms with Crippen molar-refractivity contribution < 1.29 is 9.90 Å². The molecule has 4 nitrogen and oxygen atoms in total. The van der Waals surface area contributed by atoms with Crippen molar-refractivity contribution in [2.45, 2.75) is 33.2 Å². The van der Waals surface area contributed by atoms with Crippen LogP contribution in [0.25, 0.3) is 0 Å². The highest BCUT2D eigenvalue weighted by molar-refractivity contribution is 5.99. The molecule has 0 heterocycles. The number of benzene rings is 1. The number of carbonyl (C=O) groups is 1. The zero-order valence-corrected chi connectivity index (χ0v) is 11.9. The quantitative estimate of drug-likeness (QED) is 0.708. The van der Waals surface area contributed by atoms with E-state index >= 15 is 0 Å². The number of hydrogen-bond donors (Lipinski definition) is 3. The third-order valence-electron chi connectivity index (χ3n) is 3.10. The van der Waals surface area contributed by atoms with Crippen molar-refractivity contribution in [3.8, 4) is 0 Å². The lowest BCUT2D eigenvalue weighted by atomic mass is 10.0. The molecule has 1 unspecified atom stereocenters. The van der Waals surface area contributed by atoms with E-state index in [0.29, 0.717) is 17.9 Å². The molecule has 3 N–H and O–H groups in total. The van der Waals surface area contributed by atoms with E-state index in [4.69, 9.17) is 5.11 Å². The molecule has 0 bridgehead atoms. The summed E-state index contributed by atoms with van der Waals surface area (Å²) in [6, 6.07) is 7.46. The average molecular weight is 264 g/mol. The van der Waals surface area contributed by atoms with Crippen LogP contribution in [-0.2, 0) is 0 Å². The Morgan fingerprint density at radius 3 is 2.58 bits per heavy atom. The van der Waals surface area contributed by atoms with Crippen LogP contribution in [0.5, 0.6) is 0 Å². The molecule has 0 spiro atoms. The van der Waals surface area contributed by atoms with Crippen molar-refractivity contribution >= 4 is 11.6 Å². The molecule has 1 aromatic carbocycles. The first-order chi connectivity index (χ1) is 9.10. The minimum Gasteiger partial charge on any atom is -0.396 e. The minimum atomic E-state index is -0.0938. The van der Waals surface area contributed by atoms with Gasteiger partial charge in [-0.25, -0.2) is 0 Å². The summed E-state index contributed by atoms with van der Waals surface area (Å²) < 4.78 is 0. The molecule has 1 rings (SSSR count). The number of aliphatic hydroxyl groups is 1. The summed E-state index contributed by atoms with van der Waals surface area (Å²) in [4.78, 5) is 12.3. The first-order valence-corrected chi connectivity index (χ1v) is 6.84. The first-order valence-electron chi connectivity index (χ1n) is 6.84. The minimum absolute atomic E-state index is 0.00724. The maximum atomic E-state index is 12.3. The molecule has 106 valence electrons. The summed E-state index contributed by atoms with van der Waals surface area (Å²) in [7, 11) is 0. The van der Waals surface area contributed by atoms with Gasteiger partial charge in [-0.2, -0.15) is 0 Å². The molecule has 0 aliphatic heterocycles. The number of aliphatic hydroxyl groups excluding tert-OH is 1. The molecule has 1 aromatic rings. The van der Waals surface area contributed by atoms with Gasteiger partial charge < -0.3 is 15.7 Å². The van der Waals surface area contributed by atoms with Crippen LogP contribution in [0.2, 0.25) is 0 Å². The second-order valence-corrected chi connectivity index (χ2v) is 4.91. The molecule has 4 heteroatoms. The lowest BCUT2D eigenvalue weighted by Gasteiger charge is -2.22. The van der Waals surface area contributed by atoms with Crippen molar-refractivity contribution in [1.82, 2.24) is 5.32 Å². The Hall–Kier alpha value is -1.55. The fourth-order valence-corrected chi connectivity index (χ4v) is 1.98. The van der Waals surface area contributed by atoms with Gasteiger partial charge in [-0.05, 0) is 31.4 Å². The maximum absolute atomic E-state index is 12.3. The number of carbonyl (C=O) groups excluding carboxylic acids is 1. The van der Waals surface area contributed by atoms with Crippen molar-refractivity contribution in [3.63, 3.8) is 0 Å². The third kappa shape index (κ3) is 4.56. The van der Waals surface area contributed by atoms with Crippen molar-refractivity contribution in [3.05, 3.63) is 29.8 Å². The van der Waals surface area contributed by atoms with Gasteiger partial charge in [-0.1, -0.05) is 26.0 Å². The monoisotopic (exact) mass is 264 g/mol. The van der Waals surface area contributed by atoms with Crippen LogP contribution in [0.15, 0.2) is 24.3 Å². The van der Waals surface area contributed by atoms with Crippen LogP contribution in [0.4, 0.5) is 5.69 Å². The molecule has 0 aliphatic carbocycles. The SMILES string of the molecule is CCNc1ccccc1C(=O)NC(CCO)C(C)C. The summed E-state index contributed by atoms with van der Waals surface area (Å²) in [5, 5.41) is 15.2. The summed E-state index contributed by atoms with van der Waals surface area (Å²) >= 11 is 0. The van der Waals surface area contributed by atoms with Gasteiger partial charge in [0.2, 0.25) is 0 Å². The van der Waals surface area contributed by atoms with Crippen molar-refractivity contribution in [2.75, 3.05) is 18.5 Å². The highest BCUT2D eigenvalue weighted by Gasteiger charge is 2.18. The number of hydrogen-bond acceptors (Lipinski definition) is 3. The number of rotatable bonds is 7. The van der Waals surface area contributed by atoms with Crippen molar-refractivity contribution in [1.29, 1.82) is 0 Å². The zero-order valence-electron chi connectivity index (χ0n) is 11.9. The average Bonchev–Trinajstić information content (AvgIpc) is 2.39. The van der Waals surface area contributed by atoms with Crippen LogP contribution in [0.1, 0.15) is 37.6 Å². The summed E-state index contributed by atoms with van der Waals surface area (Å²) in [6.07, 6.45) is 0.576. The highest BCUT2D eigenvalue weighted by atomic mass is 16.3. The topological polar surface area (TPSA) is 61.4 Å². The normalized spacial score (nSPS) is 12.3. The van der Waals surface area contributed by atoms with Crippen LogP contribution in [0.3, 0.4) is 0 Å². The second-order valence-electron chi connectivity index (χ2n) is 4.91. The number of nitrogens with one attached hydrogen (secondary N) is 2. The Morgan fingerprint density at radius 2 is 2.00 bits per heavy atom. The van der Waals surface area contributed by atoms with Gasteiger partial charge in [-0.15, -0.1) is 0 Å². The molecular weight excluding hydrogens is 240 g/mol. The van der Waals surface area contributed by atoms with E-state index < -0.39 is 0 Å². The largest absolute Gasteiger partial charge is 0.396 e. The van der Waals surface area contributed by atoms with Crippen LogP contribution in [-0.4, -0.2) is 30.2 Å². The molecular formula is C15H24N2O2. The van der Waals surface area contributed by atoms with Crippen LogP contribution >= 0.6 is 0 Å². The molecule has 0 aliphatic rings. The van der Waals surface area contributed by atoms with Gasteiger partial charge in [0, 0.05) is 24.9 Å².